The summed E-state index contributed by atoms with van der Waals surface area (Å²) in [5.74, 6) is -0.164. The van der Waals surface area contributed by atoms with Crippen molar-refractivity contribution in [3.8, 4) is 0 Å². The van der Waals surface area contributed by atoms with Crippen molar-refractivity contribution in [3.63, 3.8) is 0 Å². The second kappa shape index (κ2) is 6.11. The molecule has 2 aromatic heterocycles. The number of rotatable bonds is 4. The van der Waals surface area contributed by atoms with Gasteiger partial charge in [0.2, 0.25) is 5.91 Å². The number of aryl methyl sites for hydroxylation is 2. The Labute approximate surface area is 132 Å². The monoisotopic (exact) mass is 312 g/mol. The van der Waals surface area contributed by atoms with Crippen molar-refractivity contribution >= 4 is 34.4 Å². The van der Waals surface area contributed by atoms with E-state index in [1.54, 1.807) is 6.21 Å². The molecule has 0 atom stereocenters. The number of hydrogen-bond acceptors (Lipinski definition) is 4. The number of benzene rings is 1. The van der Waals surface area contributed by atoms with Crippen LogP contribution in [0, 0.1) is 13.8 Å². The molecular weight excluding hydrogens is 296 g/mol. The third kappa shape index (κ3) is 3.07. The van der Waals surface area contributed by atoms with E-state index >= 15 is 0 Å². The van der Waals surface area contributed by atoms with Gasteiger partial charge in [-0.1, -0.05) is 18.2 Å². The minimum absolute atomic E-state index is 0.164. The lowest BCUT2D eigenvalue weighted by molar-refractivity contribution is -0.120. The van der Waals surface area contributed by atoms with Crippen LogP contribution in [0.15, 0.2) is 34.7 Å². The van der Waals surface area contributed by atoms with E-state index in [1.165, 1.54) is 11.3 Å². The summed E-state index contributed by atoms with van der Waals surface area (Å²) in [6.07, 6.45) is 1.93. The van der Waals surface area contributed by atoms with Crippen molar-refractivity contribution in [3.05, 3.63) is 51.6 Å². The number of aromatic nitrogens is 2. The van der Waals surface area contributed by atoms with Gasteiger partial charge in [-0.3, -0.25) is 4.79 Å². The number of nitrogens with one attached hydrogen (secondary N) is 2. The smallest absolute Gasteiger partial charge is 0.246 e. The van der Waals surface area contributed by atoms with Gasteiger partial charge in [0.25, 0.3) is 0 Å². The molecule has 0 aliphatic carbocycles. The van der Waals surface area contributed by atoms with E-state index in [-0.39, 0.29) is 12.3 Å². The van der Waals surface area contributed by atoms with Gasteiger partial charge in [0.1, 0.15) is 5.01 Å². The average Bonchev–Trinajstić information content (AvgIpc) is 3.03. The zero-order valence-corrected chi connectivity index (χ0v) is 13.2. The molecule has 0 aliphatic heterocycles. The molecule has 0 unspecified atom stereocenters. The van der Waals surface area contributed by atoms with Crippen LogP contribution in [-0.2, 0) is 11.2 Å². The fraction of sp³-hybridized carbons (Fsp3) is 0.188. The van der Waals surface area contributed by atoms with Crippen LogP contribution >= 0.6 is 11.3 Å². The molecular formula is C16H16N4OS. The highest BCUT2D eigenvalue weighted by Gasteiger charge is 2.07. The molecule has 3 aromatic rings. The van der Waals surface area contributed by atoms with E-state index in [0.717, 1.165) is 32.9 Å². The molecule has 0 saturated heterocycles. The predicted molar refractivity (Wildman–Crippen MR) is 89.3 cm³/mol. The molecule has 1 amide bonds. The first-order valence-electron chi connectivity index (χ1n) is 6.93. The molecule has 0 aliphatic rings. The number of carbonyl (C=O) groups excluding carboxylic acids is 1. The Kier molecular flexibility index (Phi) is 4.02. The largest absolute Gasteiger partial charge is 0.358 e. The summed E-state index contributed by atoms with van der Waals surface area (Å²) in [5.41, 5.74) is 6.56. The van der Waals surface area contributed by atoms with Crippen LogP contribution in [0.4, 0.5) is 0 Å². The number of para-hydroxylation sites is 1. The minimum atomic E-state index is -0.164. The normalized spacial score (nSPS) is 11.4. The van der Waals surface area contributed by atoms with Crippen molar-refractivity contribution in [2.75, 3.05) is 0 Å². The lowest BCUT2D eigenvalue weighted by atomic mass is 10.1. The van der Waals surface area contributed by atoms with E-state index in [0.29, 0.717) is 0 Å². The first-order valence-corrected chi connectivity index (χ1v) is 7.81. The quantitative estimate of drug-likeness (QED) is 0.574. The van der Waals surface area contributed by atoms with Crippen molar-refractivity contribution < 1.29 is 4.79 Å². The van der Waals surface area contributed by atoms with Gasteiger partial charge < -0.3 is 4.98 Å². The standard InChI is InChI=1S/C16H16N4OS/c1-10-9-22-16(18-10)7-15(21)20-17-8-13-11(2)19-14-6-4-3-5-12(13)14/h3-6,8-9,19H,7H2,1-2H3,(H,20,21)/b17-8+. The molecule has 0 bridgehead atoms. The van der Waals surface area contributed by atoms with Crippen LogP contribution in [0.2, 0.25) is 0 Å². The first kappa shape index (κ1) is 14.5. The highest BCUT2D eigenvalue weighted by atomic mass is 32.1. The zero-order chi connectivity index (χ0) is 15.5. The summed E-state index contributed by atoms with van der Waals surface area (Å²) < 4.78 is 0. The fourth-order valence-electron chi connectivity index (χ4n) is 2.29. The van der Waals surface area contributed by atoms with Gasteiger partial charge >= 0.3 is 0 Å². The van der Waals surface area contributed by atoms with E-state index in [1.807, 2.05) is 43.5 Å². The third-order valence-electron chi connectivity index (χ3n) is 3.30. The molecule has 3 rings (SSSR count). The number of amides is 1. The number of aromatic amines is 1. The second-order valence-electron chi connectivity index (χ2n) is 5.06. The SMILES string of the molecule is Cc1csc(CC(=O)N/N=C/c2c(C)[nH]c3ccccc23)n1. The lowest BCUT2D eigenvalue weighted by Gasteiger charge is -1.97. The summed E-state index contributed by atoms with van der Waals surface area (Å²) in [6.45, 7) is 3.90. The summed E-state index contributed by atoms with van der Waals surface area (Å²) in [6, 6.07) is 8.01. The molecule has 2 heterocycles. The van der Waals surface area contributed by atoms with Gasteiger partial charge in [0.05, 0.1) is 12.6 Å². The van der Waals surface area contributed by atoms with Crippen molar-refractivity contribution in [1.82, 2.24) is 15.4 Å². The minimum Gasteiger partial charge on any atom is -0.358 e. The Morgan fingerprint density at radius 1 is 1.41 bits per heavy atom. The summed E-state index contributed by atoms with van der Waals surface area (Å²) in [4.78, 5) is 19.4. The molecule has 1 aromatic carbocycles. The lowest BCUT2D eigenvalue weighted by Crippen LogP contribution is -2.19. The van der Waals surface area contributed by atoms with Crippen molar-refractivity contribution in [2.45, 2.75) is 20.3 Å². The van der Waals surface area contributed by atoms with Gasteiger partial charge in [-0.25, -0.2) is 10.4 Å². The Hall–Kier alpha value is -2.47. The first-order chi connectivity index (χ1) is 10.6. The fourth-order valence-corrected chi connectivity index (χ4v) is 3.06. The molecule has 0 radical (unpaired) electrons. The zero-order valence-electron chi connectivity index (χ0n) is 12.4. The molecule has 0 fully saturated rings. The van der Waals surface area contributed by atoms with Gasteiger partial charge in [-0.2, -0.15) is 5.10 Å². The Bertz CT molecular complexity index is 847. The molecule has 22 heavy (non-hydrogen) atoms. The highest BCUT2D eigenvalue weighted by molar-refractivity contribution is 7.09. The number of hydrazone groups is 1. The van der Waals surface area contributed by atoms with Crippen LogP contribution in [-0.4, -0.2) is 22.1 Å². The van der Waals surface area contributed by atoms with Gasteiger partial charge in [0, 0.05) is 33.2 Å². The molecule has 6 heteroatoms. The average molecular weight is 312 g/mol. The highest BCUT2D eigenvalue weighted by Crippen LogP contribution is 2.19. The molecule has 112 valence electrons. The number of carbonyl (C=O) groups is 1. The number of nitrogens with zero attached hydrogens (tertiary/aromatic N) is 2. The van der Waals surface area contributed by atoms with Crippen LogP contribution in [0.1, 0.15) is 22.0 Å². The summed E-state index contributed by atoms with van der Waals surface area (Å²) in [5, 5.41) is 7.88. The Morgan fingerprint density at radius 3 is 3.00 bits per heavy atom. The van der Waals surface area contributed by atoms with Crippen LogP contribution in [0.25, 0.3) is 10.9 Å². The molecule has 0 saturated carbocycles. The number of H-pyrrole nitrogens is 1. The summed E-state index contributed by atoms with van der Waals surface area (Å²) in [7, 11) is 0. The Morgan fingerprint density at radius 2 is 2.23 bits per heavy atom. The second-order valence-corrected chi connectivity index (χ2v) is 6.00. The van der Waals surface area contributed by atoms with Gasteiger partial charge in [-0.15, -0.1) is 11.3 Å². The summed E-state index contributed by atoms with van der Waals surface area (Å²) >= 11 is 1.48. The van der Waals surface area contributed by atoms with E-state index in [2.05, 4.69) is 20.5 Å². The van der Waals surface area contributed by atoms with Crippen LogP contribution in [0.3, 0.4) is 0 Å². The van der Waals surface area contributed by atoms with Crippen molar-refractivity contribution in [1.29, 1.82) is 0 Å². The molecule has 5 nitrogen and oxygen atoms in total. The maximum Gasteiger partial charge on any atom is 0.246 e. The molecule has 0 spiro atoms. The maximum absolute atomic E-state index is 11.8. The number of fused-ring (bicyclic) bond motifs is 1. The van der Waals surface area contributed by atoms with E-state index in [4.69, 9.17) is 0 Å². The van der Waals surface area contributed by atoms with Crippen LogP contribution in [0.5, 0.6) is 0 Å². The third-order valence-corrected chi connectivity index (χ3v) is 4.27. The van der Waals surface area contributed by atoms with Gasteiger partial charge in [0.15, 0.2) is 0 Å². The van der Waals surface area contributed by atoms with E-state index < -0.39 is 0 Å². The van der Waals surface area contributed by atoms with Gasteiger partial charge in [-0.05, 0) is 19.9 Å². The molecule has 2 N–H and O–H groups in total. The topological polar surface area (TPSA) is 70.1 Å². The number of thiazole rings is 1. The Balaban J connectivity index is 1.68. The maximum atomic E-state index is 11.8. The van der Waals surface area contributed by atoms with Crippen molar-refractivity contribution in [2.24, 2.45) is 5.10 Å². The number of hydrogen-bond donors (Lipinski definition) is 2. The van der Waals surface area contributed by atoms with Crippen LogP contribution < -0.4 is 5.43 Å². The van der Waals surface area contributed by atoms with E-state index in [9.17, 15) is 4.79 Å². The predicted octanol–water partition coefficient (Wildman–Crippen LogP) is 2.93.